The predicted molar refractivity (Wildman–Crippen MR) is 43.0 cm³/mol. The first kappa shape index (κ1) is 11.1. The van der Waals surface area contributed by atoms with Crippen molar-refractivity contribution in [3.63, 3.8) is 0 Å². The number of likely N-dealkylation sites (N-methyl/N-ethyl adjacent to an activating group) is 1. The molecule has 0 atom stereocenters. The molecule has 0 saturated carbocycles. The molecule has 2 amide bonds. The molecule has 0 radical (unpaired) electrons. The van der Waals surface area contributed by atoms with Crippen molar-refractivity contribution in [2.45, 2.75) is 0 Å². The summed E-state index contributed by atoms with van der Waals surface area (Å²) >= 11 is 0. The molecule has 1 N–H and O–H groups in total. The van der Waals surface area contributed by atoms with Crippen molar-refractivity contribution in [1.29, 1.82) is 0 Å². The molecule has 0 fully saturated rings. The van der Waals surface area contributed by atoms with E-state index in [1.807, 2.05) is 0 Å². The second-order valence-electron chi connectivity index (χ2n) is 2.12. The molecule has 7 nitrogen and oxygen atoms in total. The normalized spacial score (nSPS) is 10.5. The van der Waals surface area contributed by atoms with Crippen LogP contribution in [0.3, 0.4) is 0 Å². The first-order valence-corrected chi connectivity index (χ1v) is 3.28. The van der Waals surface area contributed by atoms with E-state index < -0.39 is 16.5 Å². The van der Waals surface area contributed by atoms with E-state index in [4.69, 9.17) is 0 Å². The lowest BCUT2D eigenvalue weighted by Gasteiger charge is -2.02. The smallest absolute Gasteiger partial charge is 0.349 e. The van der Waals surface area contributed by atoms with Gasteiger partial charge in [0.1, 0.15) is 0 Å². The van der Waals surface area contributed by atoms with Crippen molar-refractivity contribution in [2.24, 2.45) is 0 Å². The predicted octanol–water partition coefficient (Wildman–Crippen LogP) is -1.06. The minimum atomic E-state index is -0.862. The van der Waals surface area contributed by atoms with Crippen molar-refractivity contribution < 1.29 is 14.5 Å². The van der Waals surface area contributed by atoms with Crippen molar-refractivity contribution in [3.8, 4) is 0 Å². The van der Waals surface area contributed by atoms with Crippen LogP contribution in [0.2, 0.25) is 0 Å². The second kappa shape index (κ2) is 4.86. The molecule has 0 saturated heterocycles. The molecule has 0 bridgehead atoms. The Morgan fingerprint density at radius 1 is 1.62 bits per heavy atom. The van der Waals surface area contributed by atoms with Gasteiger partial charge < -0.3 is 10.2 Å². The Labute approximate surface area is 74.2 Å². The quantitative estimate of drug-likeness (QED) is 0.263. The van der Waals surface area contributed by atoms with Crippen LogP contribution in [0.25, 0.3) is 0 Å². The van der Waals surface area contributed by atoms with Crippen LogP contribution in [0.15, 0.2) is 11.9 Å². The number of amides is 2. The Bertz CT molecular complexity index is 261. The van der Waals surface area contributed by atoms with E-state index >= 15 is 0 Å². The van der Waals surface area contributed by atoms with Crippen LogP contribution in [0.4, 0.5) is 0 Å². The number of nitrogens with zero attached hydrogens (tertiary/aromatic N) is 2. The number of hydrogen-bond donors (Lipinski definition) is 1. The summed E-state index contributed by atoms with van der Waals surface area (Å²) in [6, 6.07) is 0. The molecule has 0 aromatic rings. The summed E-state index contributed by atoms with van der Waals surface area (Å²) in [6.45, 7) is 0. The fraction of sp³-hybridized carbons (Fsp3) is 0.333. The number of nitro groups is 1. The van der Waals surface area contributed by atoms with Crippen LogP contribution >= 0.6 is 0 Å². The van der Waals surface area contributed by atoms with Gasteiger partial charge in [-0.2, -0.15) is 0 Å². The topological polar surface area (TPSA) is 92.6 Å². The molecule has 0 aromatic carbocycles. The van der Waals surface area contributed by atoms with E-state index in [0.717, 1.165) is 11.1 Å². The molecule has 0 rings (SSSR count). The number of carbonyl (C=O) groups excluding carboxylic acids is 2. The van der Waals surface area contributed by atoms with Crippen molar-refractivity contribution >= 4 is 12.3 Å². The lowest BCUT2D eigenvalue weighted by atomic mass is 10.4. The first-order chi connectivity index (χ1) is 6.02. The van der Waals surface area contributed by atoms with Gasteiger partial charge in [0.05, 0.1) is 11.1 Å². The first-order valence-electron chi connectivity index (χ1n) is 3.28. The van der Waals surface area contributed by atoms with Gasteiger partial charge >= 0.3 is 11.6 Å². The summed E-state index contributed by atoms with van der Waals surface area (Å²) in [6.07, 6.45) is 1.19. The van der Waals surface area contributed by atoms with Crippen LogP contribution in [-0.4, -0.2) is 36.2 Å². The molecule has 0 heterocycles. The van der Waals surface area contributed by atoms with Gasteiger partial charge in [0, 0.05) is 14.1 Å². The molecular formula is C6H9N3O4. The minimum Gasteiger partial charge on any atom is -0.350 e. The maximum absolute atomic E-state index is 10.8. The minimum absolute atomic E-state index is 0.354. The molecule has 0 spiro atoms. The highest BCUT2D eigenvalue weighted by Crippen LogP contribution is 1.96. The van der Waals surface area contributed by atoms with Gasteiger partial charge in [0.15, 0.2) is 0 Å². The largest absolute Gasteiger partial charge is 0.350 e. The van der Waals surface area contributed by atoms with Crippen LogP contribution < -0.4 is 5.32 Å². The van der Waals surface area contributed by atoms with E-state index in [1.54, 1.807) is 0 Å². The average Bonchev–Trinajstić information content (AvgIpc) is 2.11. The van der Waals surface area contributed by atoms with Crippen molar-refractivity contribution in [2.75, 3.05) is 14.1 Å². The summed E-state index contributed by atoms with van der Waals surface area (Å²) in [5, 5.41) is 12.4. The highest BCUT2D eigenvalue weighted by molar-refractivity contribution is 5.90. The van der Waals surface area contributed by atoms with E-state index in [1.165, 1.54) is 14.1 Å². The van der Waals surface area contributed by atoms with Crippen LogP contribution in [-0.2, 0) is 9.59 Å². The monoisotopic (exact) mass is 187 g/mol. The maximum atomic E-state index is 10.8. The third-order valence-electron chi connectivity index (χ3n) is 1.15. The molecule has 0 aliphatic rings. The third kappa shape index (κ3) is 3.32. The molecule has 7 heteroatoms. The van der Waals surface area contributed by atoms with Gasteiger partial charge in [0.2, 0.25) is 6.41 Å². The Morgan fingerprint density at radius 2 is 2.15 bits per heavy atom. The van der Waals surface area contributed by atoms with E-state index in [9.17, 15) is 19.7 Å². The fourth-order valence-corrected chi connectivity index (χ4v) is 0.540. The van der Waals surface area contributed by atoms with Crippen LogP contribution in [0.1, 0.15) is 0 Å². The maximum Gasteiger partial charge on any atom is 0.349 e. The molecular weight excluding hydrogens is 178 g/mol. The summed E-state index contributed by atoms with van der Waals surface area (Å²) in [5.41, 5.74) is -0.683. The molecule has 0 unspecified atom stereocenters. The summed E-state index contributed by atoms with van der Waals surface area (Å²) in [5.74, 6) is -0.848. The number of nitrogens with one attached hydrogen (secondary N) is 1. The summed E-state index contributed by atoms with van der Waals surface area (Å²) in [7, 11) is 2.56. The zero-order valence-electron chi connectivity index (χ0n) is 7.18. The van der Waals surface area contributed by atoms with Crippen LogP contribution in [0.5, 0.6) is 0 Å². The Morgan fingerprint density at radius 3 is 2.46 bits per heavy atom. The molecule has 0 aliphatic carbocycles. The lowest BCUT2D eigenvalue weighted by molar-refractivity contribution is -0.419. The highest BCUT2D eigenvalue weighted by atomic mass is 16.6. The van der Waals surface area contributed by atoms with Crippen molar-refractivity contribution in [1.82, 2.24) is 10.2 Å². The second-order valence-corrected chi connectivity index (χ2v) is 2.12. The Kier molecular flexibility index (Phi) is 4.14. The van der Waals surface area contributed by atoms with Crippen LogP contribution in [0, 0.1) is 10.1 Å². The molecule has 0 aromatic heterocycles. The van der Waals surface area contributed by atoms with Gasteiger partial charge in [-0.3, -0.25) is 19.7 Å². The van der Waals surface area contributed by atoms with Gasteiger partial charge in [-0.1, -0.05) is 0 Å². The third-order valence-corrected chi connectivity index (χ3v) is 1.15. The zero-order chi connectivity index (χ0) is 10.4. The van der Waals surface area contributed by atoms with E-state index in [0.29, 0.717) is 6.41 Å². The van der Waals surface area contributed by atoms with Crippen molar-refractivity contribution in [3.05, 3.63) is 22.0 Å². The average molecular weight is 187 g/mol. The standard InChI is InChI=1S/C6H9N3O4/c1-7-6(11)5(9(12)13)3-8(2)4-10/h3-4H,1-2H3,(H,7,11)/b5-3+. The number of hydrogen-bond acceptors (Lipinski definition) is 4. The molecule has 72 valence electrons. The Balaban J connectivity index is 4.80. The van der Waals surface area contributed by atoms with Gasteiger partial charge in [-0.25, -0.2) is 0 Å². The van der Waals surface area contributed by atoms with Gasteiger partial charge in [0.25, 0.3) is 0 Å². The zero-order valence-corrected chi connectivity index (χ0v) is 7.18. The van der Waals surface area contributed by atoms with Gasteiger partial charge in [-0.15, -0.1) is 0 Å². The Hall–Kier alpha value is -1.92. The highest BCUT2D eigenvalue weighted by Gasteiger charge is 2.20. The number of rotatable bonds is 4. The number of carbonyl (C=O) groups is 2. The van der Waals surface area contributed by atoms with E-state index in [-0.39, 0.29) is 0 Å². The van der Waals surface area contributed by atoms with E-state index in [2.05, 4.69) is 5.32 Å². The molecule has 13 heavy (non-hydrogen) atoms. The fourth-order valence-electron chi connectivity index (χ4n) is 0.540. The molecule has 0 aliphatic heterocycles. The lowest BCUT2D eigenvalue weighted by Crippen LogP contribution is -2.26. The SMILES string of the molecule is CNC(=O)/C(=C\N(C)C=O)[N+](=O)[O-]. The summed E-state index contributed by atoms with van der Waals surface area (Å²) in [4.78, 5) is 31.2. The summed E-state index contributed by atoms with van der Waals surface area (Å²) < 4.78 is 0. The van der Waals surface area contributed by atoms with Gasteiger partial charge in [-0.05, 0) is 0 Å².